The number of hydrogen-bond acceptors (Lipinski definition) is 3. The van der Waals surface area contributed by atoms with E-state index in [0.29, 0.717) is 5.92 Å². The first-order valence-electron chi connectivity index (χ1n) is 9.63. The molecule has 1 aliphatic heterocycles. The van der Waals surface area contributed by atoms with E-state index < -0.39 is 5.60 Å². The fraction of sp³-hybridized carbons (Fsp3) is 0.947. The summed E-state index contributed by atoms with van der Waals surface area (Å²) < 4.78 is 5.45. The summed E-state index contributed by atoms with van der Waals surface area (Å²) in [5.41, 5.74) is -0.393. The van der Waals surface area contributed by atoms with Gasteiger partial charge in [-0.2, -0.15) is 0 Å². The molecule has 1 saturated carbocycles. The molecule has 0 aromatic heterocycles. The van der Waals surface area contributed by atoms with Gasteiger partial charge in [0.25, 0.3) is 0 Å². The first kappa shape index (κ1) is 18.6. The quantitative estimate of drug-likeness (QED) is 0.745. The largest absolute Gasteiger partial charge is 0.444 e. The number of carbonyl (C=O) groups excluding carboxylic acids is 1. The Morgan fingerprint density at radius 3 is 2.35 bits per heavy atom. The molecule has 1 unspecified atom stereocenters. The normalized spacial score (nSPS) is 23.3. The molecule has 0 bridgehead atoms. The summed E-state index contributed by atoms with van der Waals surface area (Å²) in [6.07, 6.45) is 10.7. The van der Waals surface area contributed by atoms with Gasteiger partial charge in [0.05, 0.1) is 0 Å². The first-order valence-corrected chi connectivity index (χ1v) is 9.63. The molecule has 4 nitrogen and oxygen atoms in total. The minimum absolute atomic E-state index is 0.148. The smallest absolute Gasteiger partial charge is 0.410 e. The van der Waals surface area contributed by atoms with E-state index in [0.717, 1.165) is 38.5 Å². The van der Waals surface area contributed by atoms with Crippen molar-refractivity contribution >= 4 is 6.09 Å². The molecular formula is C19H36N2O2. The predicted octanol–water partition coefficient (Wildman–Crippen LogP) is 4.19. The second-order valence-corrected chi connectivity index (χ2v) is 8.41. The molecule has 1 N–H and O–H groups in total. The summed E-state index contributed by atoms with van der Waals surface area (Å²) in [5.74, 6) is 1.59. The fourth-order valence-electron chi connectivity index (χ4n) is 3.77. The number of rotatable bonds is 6. The number of ether oxygens (including phenoxy) is 1. The monoisotopic (exact) mass is 324 g/mol. The number of hydrogen-bond donors (Lipinski definition) is 1. The molecule has 1 aliphatic carbocycles. The molecule has 0 aromatic rings. The summed E-state index contributed by atoms with van der Waals surface area (Å²) in [7, 11) is 0. The summed E-state index contributed by atoms with van der Waals surface area (Å²) in [6.45, 7) is 9.73. The highest BCUT2D eigenvalue weighted by Crippen LogP contribution is 2.26. The standard InChI is InChI=1S/C19H36N2O2/c1-19(2,3)23-18(22)21-14-11-17(15-21)10-13-20-12-9-16-7-5-4-6-8-16/h16-17,20H,4-15H2,1-3H3. The zero-order valence-electron chi connectivity index (χ0n) is 15.4. The molecule has 1 atom stereocenters. The molecule has 134 valence electrons. The van der Waals surface area contributed by atoms with E-state index in [1.807, 2.05) is 25.7 Å². The van der Waals surface area contributed by atoms with E-state index in [2.05, 4.69) is 5.32 Å². The SMILES string of the molecule is CC(C)(C)OC(=O)N1CCC(CCNCCC2CCCCC2)C1. The molecule has 2 aliphatic rings. The molecule has 1 heterocycles. The molecule has 4 heteroatoms. The molecule has 0 radical (unpaired) electrons. The Balaban J connectivity index is 1.52. The van der Waals surface area contributed by atoms with E-state index in [4.69, 9.17) is 4.74 Å². The number of nitrogens with zero attached hydrogens (tertiary/aromatic N) is 1. The van der Waals surface area contributed by atoms with E-state index in [1.165, 1.54) is 44.9 Å². The fourth-order valence-corrected chi connectivity index (χ4v) is 3.77. The summed E-state index contributed by atoms with van der Waals surface area (Å²) in [4.78, 5) is 13.9. The zero-order chi connectivity index (χ0) is 16.7. The van der Waals surface area contributed by atoms with Gasteiger partial charge in [0.15, 0.2) is 0 Å². The molecular weight excluding hydrogens is 288 g/mol. The van der Waals surface area contributed by atoms with Gasteiger partial charge in [-0.1, -0.05) is 32.1 Å². The maximum absolute atomic E-state index is 12.0. The predicted molar refractivity (Wildman–Crippen MR) is 94.6 cm³/mol. The average molecular weight is 325 g/mol. The maximum atomic E-state index is 12.0. The van der Waals surface area contributed by atoms with Crippen LogP contribution in [0.4, 0.5) is 4.79 Å². The van der Waals surface area contributed by atoms with Crippen LogP contribution in [0.5, 0.6) is 0 Å². The molecule has 23 heavy (non-hydrogen) atoms. The van der Waals surface area contributed by atoms with Crippen LogP contribution in [0.25, 0.3) is 0 Å². The van der Waals surface area contributed by atoms with E-state index in [-0.39, 0.29) is 6.09 Å². The van der Waals surface area contributed by atoms with Crippen molar-refractivity contribution in [2.24, 2.45) is 11.8 Å². The van der Waals surface area contributed by atoms with E-state index in [1.54, 1.807) is 0 Å². The zero-order valence-corrected chi connectivity index (χ0v) is 15.4. The molecule has 1 saturated heterocycles. The van der Waals surface area contributed by atoms with Crippen molar-refractivity contribution in [1.29, 1.82) is 0 Å². The lowest BCUT2D eigenvalue weighted by atomic mass is 9.87. The topological polar surface area (TPSA) is 41.6 Å². The highest BCUT2D eigenvalue weighted by Gasteiger charge is 2.29. The van der Waals surface area contributed by atoms with Crippen LogP contribution in [0.2, 0.25) is 0 Å². The van der Waals surface area contributed by atoms with Crippen molar-refractivity contribution in [3.63, 3.8) is 0 Å². The van der Waals surface area contributed by atoms with Crippen molar-refractivity contribution in [3.05, 3.63) is 0 Å². The Bertz CT molecular complexity index is 359. The lowest BCUT2D eigenvalue weighted by Crippen LogP contribution is -2.35. The second-order valence-electron chi connectivity index (χ2n) is 8.41. The molecule has 0 aromatic carbocycles. The third-order valence-electron chi connectivity index (χ3n) is 5.12. The Morgan fingerprint density at radius 1 is 1.04 bits per heavy atom. The van der Waals surface area contributed by atoms with Crippen molar-refractivity contribution in [1.82, 2.24) is 10.2 Å². The summed E-state index contributed by atoms with van der Waals surface area (Å²) >= 11 is 0. The van der Waals surface area contributed by atoms with Gasteiger partial charge >= 0.3 is 6.09 Å². The Labute approximate surface area is 142 Å². The van der Waals surface area contributed by atoms with E-state index >= 15 is 0 Å². The molecule has 0 spiro atoms. The van der Waals surface area contributed by atoms with Crippen molar-refractivity contribution < 1.29 is 9.53 Å². The van der Waals surface area contributed by atoms with Crippen LogP contribution in [0, 0.1) is 11.8 Å². The van der Waals surface area contributed by atoms with Crippen LogP contribution >= 0.6 is 0 Å². The number of amides is 1. The van der Waals surface area contributed by atoms with Gasteiger partial charge in [0.2, 0.25) is 0 Å². The number of nitrogens with one attached hydrogen (secondary N) is 1. The molecule has 2 fully saturated rings. The van der Waals surface area contributed by atoms with Gasteiger partial charge < -0.3 is 15.0 Å². The summed E-state index contributed by atoms with van der Waals surface area (Å²) in [5, 5.41) is 3.61. The second kappa shape index (κ2) is 8.91. The lowest BCUT2D eigenvalue weighted by Gasteiger charge is -2.24. The highest BCUT2D eigenvalue weighted by atomic mass is 16.6. The highest BCUT2D eigenvalue weighted by molar-refractivity contribution is 5.68. The van der Waals surface area contributed by atoms with Crippen LogP contribution in [-0.2, 0) is 4.74 Å². The number of carbonyl (C=O) groups is 1. The first-order chi connectivity index (χ1) is 10.9. The van der Waals surface area contributed by atoms with Gasteiger partial charge in [0, 0.05) is 13.1 Å². The third-order valence-corrected chi connectivity index (χ3v) is 5.12. The van der Waals surface area contributed by atoms with Gasteiger partial charge in [-0.05, 0) is 65.0 Å². The maximum Gasteiger partial charge on any atom is 0.410 e. The third kappa shape index (κ3) is 7.11. The minimum Gasteiger partial charge on any atom is -0.444 e. The van der Waals surface area contributed by atoms with Crippen LogP contribution in [-0.4, -0.2) is 42.8 Å². The van der Waals surface area contributed by atoms with Crippen LogP contribution < -0.4 is 5.32 Å². The Kier molecular flexibility index (Phi) is 7.19. The van der Waals surface area contributed by atoms with Crippen LogP contribution in [0.3, 0.4) is 0 Å². The summed E-state index contributed by atoms with van der Waals surface area (Å²) in [6, 6.07) is 0. The molecule has 2 rings (SSSR count). The van der Waals surface area contributed by atoms with Gasteiger partial charge in [-0.25, -0.2) is 4.79 Å². The lowest BCUT2D eigenvalue weighted by molar-refractivity contribution is 0.0287. The molecule has 1 amide bonds. The average Bonchev–Trinajstić information content (AvgIpc) is 2.95. The van der Waals surface area contributed by atoms with Crippen LogP contribution in [0.1, 0.15) is 72.1 Å². The van der Waals surface area contributed by atoms with Gasteiger partial charge in [-0.15, -0.1) is 0 Å². The van der Waals surface area contributed by atoms with Crippen molar-refractivity contribution in [3.8, 4) is 0 Å². The van der Waals surface area contributed by atoms with E-state index in [9.17, 15) is 4.79 Å². The van der Waals surface area contributed by atoms with Gasteiger partial charge in [-0.3, -0.25) is 0 Å². The van der Waals surface area contributed by atoms with Crippen LogP contribution in [0.15, 0.2) is 0 Å². The van der Waals surface area contributed by atoms with Crippen molar-refractivity contribution in [2.75, 3.05) is 26.2 Å². The van der Waals surface area contributed by atoms with Gasteiger partial charge in [0.1, 0.15) is 5.60 Å². The Hall–Kier alpha value is -0.770. The van der Waals surface area contributed by atoms with Crippen molar-refractivity contribution in [2.45, 2.75) is 77.7 Å². The minimum atomic E-state index is -0.393. The number of likely N-dealkylation sites (tertiary alicyclic amines) is 1. The Morgan fingerprint density at radius 2 is 1.70 bits per heavy atom.